The lowest BCUT2D eigenvalue weighted by molar-refractivity contribution is 0.0717. The van der Waals surface area contributed by atoms with Gasteiger partial charge in [-0.1, -0.05) is 48.5 Å². The first-order valence-electron chi connectivity index (χ1n) is 6.45. The lowest BCUT2D eigenvalue weighted by atomic mass is 9.80. The molecule has 0 fully saturated rings. The molecule has 0 aliphatic carbocycles. The van der Waals surface area contributed by atoms with Gasteiger partial charge in [0, 0.05) is 18.6 Å². The maximum atomic E-state index is 6.28. The first kappa shape index (κ1) is 15.9. The molecule has 0 heterocycles. The third kappa shape index (κ3) is 5.31. The summed E-state index contributed by atoms with van der Waals surface area (Å²) < 4.78 is 0. The van der Waals surface area contributed by atoms with E-state index >= 15 is 0 Å². The zero-order valence-corrected chi connectivity index (χ0v) is 12.6. The van der Waals surface area contributed by atoms with Crippen molar-refractivity contribution in [2.75, 3.05) is 13.6 Å². The first-order valence-corrected chi connectivity index (χ1v) is 6.45. The number of hydrogen-bond donors (Lipinski definition) is 1. The van der Waals surface area contributed by atoms with Crippen LogP contribution in [0.1, 0.15) is 54.9 Å². The van der Waals surface area contributed by atoms with Crippen molar-refractivity contribution < 1.29 is 0 Å². The van der Waals surface area contributed by atoms with Crippen molar-refractivity contribution in [1.29, 1.82) is 0 Å². The fraction of sp³-hybridized carbons (Fsp3) is 1.00. The normalized spacial score (nSPS) is 17.6. The Morgan fingerprint density at radius 3 is 1.75 bits per heavy atom. The van der Waals surface area contributed by atoms with E-state index in [1.165, 1.54) is 0 Å². The lowest BCUT2D eigenvalue weighted by Gasteiger charge is -2.43. The van der Waals surface area contributed by atoms with Gasteiger partial charge in [0.05, 0.1) is 0 Å². The molecule has 2 atom stereocenters. The monoisotopic (exact) mass is 228 g/mol. The molecule has 16 heavy (non-hydrogen) atoms. The molecule has 2 N–H and O–H groups in total. The van der Waals surface area contributed by atoms with Crippen LogP contribution in [0.5, 0.6) is 0 Å². The molecular formula is C14H32N2. The summed E-state index contributed by atoms with van der Waals surface area (Å²) in [5.41, 5.74) is 6.84. The van der Waals surface area contributed by atoms with Gasteiger partial charge in [-0.2, -0.15) is 0 Å². The summed E-state index contributed by atoms with van der Waals surface area (Å²) in [5, 5.41) is 0. The molecule has 0 bridgehead atoms. The van der Waals surface area contributed by atoms with Crippen molar-refractivity contribution >= 4 is 0 Å². The fourth-order valence-electron chi connectivity index (χ4n) is 2.70. The van der Waals surface area contributed by atoms with Crippen LogP contribution >= 0.6 is 0 Å². The van der Waals surface area contributed by atoms with Gasteiger partial charge in [0.25, 0.3) is 0 Å². The van der Waals surface area contributed by atoms with Gasteiger partial charge in [0.2, 0.25) is 0 Å². The zero-order chi connectivity index (χ0) is 13.1. The van der Waals surface area contributed by atoms with E-state index in [0.717, 1.165) is 13.0 Å². The second-order valence-electron chi connectivity index (χ2n) is 7.36. The average molecular weight is 228 g/mol. The molecule has 0 amide bonds. The molecule has 0 spiro atoms. The van der Waals surface area contributed by atoms with E-state index in [1.54, 1.807) is 0 Å². The third-order valence-electron chi connectivity index (χ3n) is 2.96. The van der Waals surface area contributed by atoms with Crippen LogP contribution in [0.4, 0.5) is 0 Å². The Morgan fingerprint density at radius 2 is 1.50 bits per heavy atom. The summed E-state index contributed by atoms with van der Waals surface area (Å²) in [5.74, 6) is 0. The maximum absolute atomic E-state index is 6.28. The summed E-state index contributed by atoms with van der Waals surface area (Å²) in [7, 11) is 2.21. The van der Waals surface area contributed by atoms with Crippen LogP contribution in [-0.4, -0.2) is 30.6 Å². The second kappa shape index (κ2) is 5.50. The Morgan fingerprint density at radius 1 is 1.06 bits per heavy atom. The fourth-order valence-corrected chi connectivity index (χ4v) is 2.70. The van der Waals surface area contributed by atoms with E-state index < -0.39 is 0 Å². The molecule has 0 saturated heterocycles. The van der Waals surface area contributed by atoms with Gasteiger partial charge >= 0.3 is 0 Å². The smallest absolute Gasteiger partial charge is 0.0292 e. The zero-order valence-electron chi connectivity index (χ0n) is 12.6. The molecule has 0 saturated carbocycles. The Hall–Kier alpha value is -0.0800. The Balaban J connectivity index is 4.78. The molecule has 0 aliphatic heterocycles. The highest BCUT2D eigenvalue weighted by Crippen LogP contribution is 2.29. The van der Waals surface area contributed by atoms with E-state index in [-0.39, 0.29) is 11.5 Å². The van der Waals surface area contributed by atoms with Crippen molar-refractivity contribution in [2.45, 2.75) is 67.0 Å². The number of nitrogens with zero attached hydrogens (tertiary/aromatic N) is 1. The average Bonchev–Trinajstić information content (AvgIpc) is 1.97. The molecule has 0 aromatic rings. The third-order valence-corrected chi connectivity index (χ3v) is 2.96. The molecule has 0 aliphatic rings. The molecule has 0 aromatic carbocycles. The predicted molar refractivity (Wildman–Crippen MR) is 73.6 cm³/mol. The molecular weight excluding hydrogens is 196 g/mol. The highest BCUT2D eigenvalue weighted by atomic mass is 15.2. The van der Waals surface area contributed by atoms with E-state index in [0.29, 0.717) is 11.5 Å². The molecule has 98 valence electrons. The highest BCUT2D eigenvalue weighted by Gasteiger charge is 2.33. The molecule has 2 nitrogen and oxygen atoms in total. The van der Waals surface area contributed by atoms with Crippen molar-refractivity contribution in [3.63, 3.8) is 0 Å². The Kier molecular flexibility index (Phi) is 5.48. The van der Waals surface area contributed by atoms with E-state index in [9.17, 15) is 0 Å². The molecule has 0 rings (SSSR count). The molecule has 0 radical (unpaired) electrons. The number of nitrogens with two attached hydrogens (primary N) is 1. The minimum Gasteiger partial charge on any atom is -0.326 e. The largest absolute Gasteiger partial charge is 0.326 e. The first-order chi connectivity index (χ1) is 6.99. The maximum Gasteiger partial charge on any atom is 0.0292 e. The minimum atomic E-state index is 0.232. The minimum absolute atomic E-state index is 0.232. The van der Waals surface area contributed by atoms with Crippen LogP contribution < -0.4 is 5.73 Å². The van der Waals surface area contributed by atoms with Gasteiger partial charge in [-0.25, -0.2) is 0 Å². The quantitative estimate of drug-likeness (QED) is 0.801. The molecule has 0 aromatic heterocycles. The van der Waals surface area contributed by atoms with Crippen LogP contribution in [0.25, 0.3) is 0 Å². The highest BCUT2D eigenvalue weighted by molar-refractivity contribution is 4.90. The topological polar surface area (TPSA) is 29.3 Å². The summed E-state index contributed by atoms with van der Waals surface area (Å²) in [4.78, 5) is 2.44. The van der Waals surface area contributed by atoms with Crippen molar-refractivity contribution in [3.05, 3.63) is 0 Å². The van der Waals surface area contributed by atoms with E-state index in [2.05, 4.69) is 60.4 Å². The number of hydrogen-bond acceptors (Lipinski definition) is 2. The van der Waals surface area contributed by atoms with Crippen LogP contribution in [0.15, 0.2) is 0 Å². The van der Waals surface area contributed by atoms with Crippen LogP contribution in [0.3, 0.4) is 0 Å². The van der Waals surface area contributed by atoms with Gasteiger partial charge in [0.15, 0.2) is 0 Å². The van der Waals surface area contributed by atoms with E-state index in [4.69, 9.17) is 5.73 Å². The summed E-state index contributed by atoms with van der Waals surface area (Å²) in [6, 6.07) is 0.698. The van der Waals surface area contributed by atoms with Gasteiger partial charge in [-0.05, 0) is 24.3 Å². The second-order valence-corrected chi connectivity index (χ2v) is 7.36. The number of rotatable bonds is 4. The molecule has 2 heteroatoms. The molecule has 2 unspecified atom stereocenters. The predicted octanol–water partition coefficient (Wildman–Crippen LogP) is 3.12. The van der Waals surface area contributed by atoms with Gasteiger partial charge in [-0.15, -0.1) is 0 Å². The van der Waals surface area contributed by atoms with Crippen molar-refractivity contribution in [3.8, 4) is 0 Å². The van der Waals surface area contributed by atoms with Gasteiger partial charge in [-0.3, -0.25) is 0 Å². The Labute approximate surface area is 103 Å². The van der Waals surface area contributed by atoms with Gasteiger partial charge in [0.1, 0.15) is 0 Å². The Bertz CT molecular complexity index is 198. The SMILES string of the molecule is CCC(N)C(N(C)CC(C)(C)C)C(C)(C)C. The van der Waals surface area contributed by atoms with Crippen molar-refractivity contribution in [2.24, 2.45) is 16.6 Å². The van der Waals surface area contributed by atoms with Gasteiger partial charge < -0.3 is 10.6 Å². The van der Waals surface area contributed by atoms with Crippen molar-refractivity contribution in [1.82, 2.24) is 4.90 Å². The van der Waals surface area contributed by atoms with Crippen LogP contribution in [-0.2, 0) is 0 Å². The summed E-state index contributed by atoms with van der Waals surface area (Å²) >= 11 is 0. The van der Waals surface area contributed by atoms with E-state index in [1.807, 2.05) is 0 Å². The van der Waals surface area contributed by atoms with Crippen LogP contribution in [0.2, 0.25) is 0 Å². The summed E-state index contributed by atoms with van der Waals surface area (Å²) in [6.07, 6.45) is 1.04. The lowest BCUT2D eigenvalue weighted by Crippen LogP contribution is -2.54. The standard InChI is InChI=1S/C14H32N2/c1-9-11(15)12(14(5,6)7)16(8)10-13(2,3)4/h11-12H,9-10,15H2,1-8H3. The van der Waals surface area contributed by atoms with Crippen LogP contribution in [0, 0.1) is 10.8 Å². The summed E-state index contributed by atoms with van der Waals surface area (Å²) in [6.45, 7) is 16.9. The number of likely N-dealkylation sites (N-methyl/N-ethyl adjacent to an activating group) is 1.